The van der Waals surface area contributed by atoms with Crippen LogP contribution < -0.4 is 14.8 Å². The molecule has 0 bridgehead atoms. The van der Waals surface area contributed by atoms with Gasteiger partial charge in [0.25, 0.3) is 5.91 Å². The number of anilines is 1. The van der Waals surface area contributed by atoms with Crippen molar-refractivity contribution in [3.05, 3.63) is 47.5 Å². The van der Waals surface area contributed by atoms with Crippen molar-refractivity contribution in [1.82, 2.24) is 9.88 Å². The number of carbonyl (C=O) groups is 2. The van der Waals surface area contributed by atoms with Gasteiger partial charge in [0.2, 0.25) is 5.91 Å². The molecule has 1 aromatic heterocycles. The number of rotatable bonds is 6. The number of amides is 2. The fourth-order valence-electron chi connectivity index (χ4n) is 2.68. The molecular weight excluding hydrogens is 378 g/mol. The quantitative estimate of drug-likeness (QED) is 0.688. The minimum atomic E-state index is -0.176. The van der Waals surface area contributed by atoms with Crippen LogP contribution in [0.3, 0.4) is 0 Å². The van der Waals surface area contributed by atoms with E-state index in [4.69, 9.17) is 9.47 Å². The number of ether oxygens (including phenoxy) is 2. The third-order valence-corrected chi connectivity index (χ3v) is 5.05. The molecule has 7 nitrogen and oxygen atoms in total. The summed E-state index contributed by atoms with van der Waals surface area (Å²) in [6, 6.07) is 10.6. The number of methoxy groups -OCH3 is 2. The summed E-state index contributed by atoms with van der Waals surface area (Å²) in [5, 5.41) is 3.33. The molecule has 3 aromatic rings. The Kier molecular flexibility index (Phi) is 5.79. The average molecular weight is 399 g/mol. The smallest absolute Gasteiger partial charge is 0.253 e. The first-order valence-electron chi connectivity index (χ1n) is 8.54. The van der Waals surface area contributed by atoms with Gasteiger partial charge >= 0.3 is 0 Å². The summed E-state index contributed by atoms with van der Waals surface area (Å²) in [5.74, 6) is 0.954. The zero-order chi connectivity index (χ0) is 20.3. The van der Waals surface area contributed by atoms with Gasteiger partial charge in [0.1, 0.15) is 0 Å². The number of hydrogen-bond acceptors (Lipinski definition) is 6. The lowest BCUT2D eigenvalue weighted by Crippen LogP contribution is -2.21. The van der Waals surface area contributed by atoms with Gasteiger partial charge in [0, 0.05) is 31.8 Å². The van der Waals surface area contributed by atoms with Gasteiger partial charge in [-0.05, 0) is 17.7 Å². The first-order chi connectivity index (χ1) is 13.4. The summed E-state index contributed by atoms with van der Waals surface area (Å²) in [5.41, 5.74) is 2.13. The molecule has 0 aliphatic carbocycles. The molecule has 0 radical (unpaired) electrons. The van der Waals surface area contributed by atoms with Crippen LogP contribution in [0.25, 0.3) is 10.2 Å². The maximum absolute atomic E-state index is 12.4. The van der Waals surface area contributed by atoms with E-state index in [0.717, 1.165) is 15.8 Å². The Balaban J connectivity index is 1.70. The number of thiazole rings is 1. The molecule has 3 rings (SSSR count). The molecule has 1 N–H and O–H groups in total. The van der Waals surface area contributed by atoms with Crippen LogP contribution in [-0.4, -0.2) is 50.0 Å². The van der Waals surface area contributed by atoms with Gasteiger partial charge in [-0.15, -0.1) is 0 Å². The van der Waals surface area contributed by atoms with Gasteiger partial charge in [0.05, 0.1) is 30.9 Å². The molecule has 0 aliphatic heterocycles. The van der Waals surface area contributed by atoms with Crippen LogP contribution in [0.5, 0.6) is 11.5 Å². The SMILES string of the molecule is COc1cc2nc(NC(=O)Cc3ccc(C(=O)N(C)C)cc3)sc2cc1OC. The zero-order valence-corrected chi connectivity index (χ0v) is 16.9. The van der Waals surface area contributed by atoms with E-state index in [0.29, 0.717) is 22.2 Å². The number of benzene rings is 2. The molecule has 0 saturated heterocycles. The second kappa shape index (κ2) is 8.26. The van der Waals surface area contributed by atoms with Crippen molar-refractivity contribution in [2.24, 2.45) is 0 Å². The number of aromatic nitrogens is 1. The van der Waals surface area contributed by atoms with Gasteiger partial charge < -0.3 is 19.7 Å². The topological polar surface area (TPSA) is 80.8 Å². The van der Waals surface area contributed by atoms with Crippen LogP contribution in [0.4, 0.5) is 5.13 Å². The van der Waals surface area contributed by atoms with Crippen LogP contribution in [0.2, 0.25) is 0 Å². The molecule has 0 saturated carbocycles. The van der Waals surface area contributed by atoms with E-state index in [1.54, 1.807) is 58.6 Å². The maximum Gasteiger partial charge on any atom is 0.253 e. The molecule has 0 spiro atoms. The van der Waals surface area contributed by atoms with Crippen LogP contribution in [0.1, 0.15) is 15.9 Å². The van der Waals surface area contributed by atoms with Gasteiger partial charge in [-0.25, -0.2) is 4.98 Å². The van der Waals surface area contributed by atoms with Crippen molar-refractivity contribution in [3.8, 4) is 11.5 Å². The Bertz CT molecular complexity index is 971. The lowest BCUT2D eigenvalue weighted by atomic mass is 10.1. The summed E-state index contributed by atoms with van der Waals surface area (Å²) in [6.07, 6.45) is 0.193. The van der Waals surface area contributed by atoms with Crippen molar-refractivity contribution >= 4 is 38.5 Å². The van der Waals surface area contributed by atoms with Crippen LogP contribution >= 0.6 is 11.3 Å². The fourth-order valence-corrected chi connectivity index (χ4v) is 3.57. The predicted molar refractivity (Wildman–Crippen MR) is 110 cm³/mol. The largest absolute Gasteiger partial charge is 0.493 e. The van der Waals surface area contributed by atoms with Gasteiger partial charge in [0.15, 0.2) is 16.6 Å². The highest BCUT2D eigenvalue weighted by Crippen LogP contribution is 2.36. The standard InChI is InChI=1S/C20H21N3O4S/c1-23(2)19(25)13-7-5-12(6-8-13)9-18(24)22-20-21-14-10-15(26-3)16(27-4)11-17(14)28-20/h5-8,10-11H,9H2,1-4H3,(H,21,22,24). The van der Waals surface area contributed by atoms with Crippen molar-refractivity contribution in [2.75, 3.05) is 33.6 Å². The summed E-state index contributed by atoms with van der Waals surface area (Å²) < 4.78 is 11.5. The zero-order valence-electron chi connectivity index (χ0n) is 16.1. The second-order valence-corrected chi connectivity index (χ2v) is 7.35. The highest BCUT2D eigenvalue weighted by Gasteiger charge is 2.13. The molecule has 0 unspecified atom stereocenters. The molecule has 2 aromatic carbocycles. The first kappa shape index (κ1) is 19.6. The summed E-state index contributed by atoms with van der Waals surface area (Å²) in [7, 11) is 6.54. The van der Waals surface area contributed by atoms with Crippen LogP contribution in [-0.2, 0) is 11.2 Å². The summed E-state index contributed by atoms with van der Waals surface area (Å²) in [6.45, 7) is 0. The van der Waals surface area contributed by atoms with E-state index in [-0.39, 0.29) is 18.2 Å². The van der Waals surface area contributed by atoms with Crippen molar-refractivity contribution in [3.63, 3.8) is 0 Å². The number of nitrogens with one attached hydrogen (secondary N) is 1. The summed E-state index contributed by atoms with van der Waals surface area (Å²) in [4.78, 5) is 30.2. The van der Waals surface area contributed by atoms with E-state index in [2.05, 4.69) is 10.3 Å². The lowest BCUT2D eigenvalue weighted by Gasteiger charge is -2.10. The average Bonchev–Trinajstić information content (AvgIpc) is 3.07. The number of fused-ring (bicyclic) bond motifs is 1. The van der Waals surface area contributed by atoms with E-state index in [9.17, 15) is 9.59 Å². The molecule has 2 amide bonds. The number of carbonyl (C=O) groups excluding carboxylic acids is 2. The van der Waals surface area contributed by atoms with Gasteiger partial charge in [-0.1, -0.05) is 23.5 Å². The Morgan fingerprint density at radius 3 is 2.32 bits per heavy atom. The molecular formula is C20H21N3O4S. The lowest BCUT2D eigenvalue weighted by molar-refractivity contribution is -0.115. The molecule has 0 fully saturated rings. The molecule has 1 heterocycles. The molecule has 0 aliphatic rings. The Labute approximate surface area is 166 Å². The fraction of sp³-hybridized carbons (Fsp3) is 0.250. The van der Waals surface area contributed by atoms with E-state index >= 15 is 0 Å². The minimum Gasteiger partial charge on any atom is -0.493 e. The normalized spacial score (nSPS) is 10.6. The van der Waals surface area contributed by atoms with Crippen molar-refractivity contribution < 1.29 is 19.1 Å². The highest BCUT2D eigenvalue weighted by molar-refractivity contribution is 7.22. The predicted octanol–water partition coefficient (Wildman–Crippen LogP) is 3.20. The monoisotopic (exact) mass is 399 g/mol. The molecule has 8 heteroatoms. The Hall–Kier alpha value is -3.13. The van der Waals surface area contributed by atoms with Crippen LogP contribution in [0.15, 0.2) is 36.4 Å². The maximum atomic E-state index is 12.4. The van der Waals surface area contributed by atoms with Crippen LogP contribution in [0, 0.1) is 0 Å². The van der Waals surface area contributed by atoms with Gasteiger partial charge in [-0.2, -0.15) is 0 Å². The van der Waals surface area contributed by atoms with E-state index in [1.165, 1.54) is 16.2 Å². The Morgan fingerprint density at radius 1 is 1.07 bits per heavy atom. The Morgan fingerprint density at radius 2 is 1.71 bits per heavy atom. The third-order valence-electron chi connectivity index (χ3n) is 4.11. The molecule has 0 atom stereocenters. The second-order valence-electron chi connectivity index (χ2n) is 6.32. The highest BCUT2D eigenvalue weighted by atomic mass is 32.1. The molecule has 28 heavy (non-hydrogen) atoms. The van der Waals surface area contributed by atoms with Gasteiger partial charge in [-0.3, -0.25) is 9.59 Å². The van der Waals surface area contributed by atoms with Crippen molar-refractivity contribution in [2.45, 2.75) is 6.42 Å². The third kappa shape index (κ3) is 4.23. The summed E-state index contributed by atoms with van der Waals surface area (Å²) >= 11 is 1.37. The van der Waals surface area contributed by atoms with Crippen molar-refractivity contribution in [1.29, 1.82) is 0 Å². The molecule has 146 valence electrons. The number of nitrogens with zero attached hydrogens (tertiary/aromatic N) is 2. The first-order valence-corrected chi connectivity index (χ1v) is 9.36. The number of hydrogen-bond donors (Lipinski definition) is 1. The van der Waals surface area contributed by atoms with E-state index in [1.807, 2.05) is 6.07 Å². The minimum absolute atomic E-state index is 0.0728. The van der Waals surface area contributed by atoms with E-state index < -0.39 is 0 Å².